The number of hydrogen-bond donors (Lipinski definition) is 0. The number of fused-ring (bicyclic) bond motifs is 6. The van der Waals surface area contributed by atoms with Gasteiger partial charge in [-0.25, -0.2) is 15.0 Å². The number of hydrogen-bond acceptors (Lipinski definition) is 4. The van der Waals surface area contributed by atoms with E-state index in [4.69, 9.17) is 19.4 Å². The van der Waals surface area contributed by atoms with E-state index in [1.54, 1.807) is 0 Å². The van der Waals surface area contributed by atoms with Crippen LogP contribution in [0.1, 0.15) is 23.1 Å². The molecule has 6 aromatic carbocycles. The van der Waals surface area contributed by atoms with Gasteiger partial charge in [0.1, 0.15) is 11.2 Å². The first-order valence-electron chi connectivity index (χ1n) is 15.3. The highest BCUT2D eigenvalue weighted by atomic mass is 16.3. The first-order chi connectivity index (χ1) is 22.3. The van der Waals surface area contributed by atoms with E-state index in [1.165, 1.54) is 27.5 Å². The minimum absolute atomic E-state index is 0.625. The third-order valence-corrected chi connectivity index (χ3v) is 8.86. The van der Waals surface area contributed by atoms with Crippen LogP contribution in [0.15, 0.2) is 138 Å². The van der Waals surface area contributed by atoms with Crippen LogP contribution in [0, 0.1) is 0 Å². The number of nitrogens with zero attached hydrogens (tertiary/aromatic N) is 3. The van der Waals surface area contributed by atoms with Gasteiger partial charge in [-0.1, -0.05) is 127 Å². The molecule has 0 amide bonds. The molecule has 0 spiro atoms. The summed E-state index contributed by atoms with van der Waals surface area (Å²) in [5.41, 5.74) is 9.63. The fourth-order valence-electron chi connectivity index (χ4n) is 6.70. The average Bonchev–Trinajstić information content (AvgIpc) is 3.51. The molecule has 212 valence electrons. The summed E-state index contributed by atoms with van der Waals surface area (Å²) in [6.45, 7) is 0. The zero-order valence-electron chi connectivity index (χ0n) is 24.4. The Morgan fingerprint density at radius 3 is 1.87 bits per heavy atom. The lowest BCUT2D eigenvalue weighted by atomic mass is 9.85. The first-order valence-corrected chi connectivity index (χ1v) is 15.3. The Balaban J connectivity index is 1.27. The van der Waals surface area contributed by atoms with Gasteiger partial charge in [-0.3, -0.25) is 0 Å². The average molecular weight is 578 g/mol. The van der Waals surface area contributed by atoms with Gasteiger partial charge in [0.2, 0.25) is 0 Å². The van der Waals surface area contributed by atoms with E-state index in [0.717, 1.165) is 57.0 Å². The molecule has 0 bridgehead atoms. The van der Waals surface area contributed by atoms with Crippen LogP contribution in [0.25, 0.3) is 78.5 Å². The molecule has 4 heteroatoms. The zero-order valence-corrected chi connectivity index (χ0v) is 24.4. The van der Waals surface area contributed by atoms with Crippen molar-refractivity contribution in [1.82, 2.24) is 15.0 Å². The van der Waals surface area contributed by atoms with E-state index in [1.807, 2.05) is 72.8 Å². The number of benzene rings is 6. The minimum Gasteiger partial charge on any atom is -0.455 e. The van der Waals surface area contributed by atoms with Gasteiger partial charge in [0.15, 0.2) is 17.5 Å². The van der Waals surface area contributed by atoms with E-state index in [-0.39, 0.29) is 0 Å². The molecule has 8 aromatic rings. The maximum absolute atomic E-state index is 6.67. The summed E-state index contributed by atoms with van der Waals surface area (Å²) in [7, 11) is 0. The SMILES string of the molecule is C1=C(c2ccc(-c3nc(-c4ccccc4)nc(-c4ccccc4)n3)c3c2oc2ccccc23)CCc2c1ccc1ccccc21. The molecule has 2 aromatic heterocycles. The highest BCUT2D eigenvalue weighted by Gasteiger charge is 2.23. The number of para-hydroxylation sites is 1. The molecule has 0 atom stereocenters. The van der Waals surface area contributed by atoms with Gasteiger partial charge in [0.25, 0.3) is 0 Å². The summed E-state index contributed by atoms with van der Waals surface area (Å²) in [5.74, 6) is 1.91. The van der Waals surface area contributed by atoms with E-state index >= 15 is 0 Å². The van der Waals surface area contributed by atoms with Gasteiger partial charge in [-0.05, 0) is 52.4 Å². The fraction of sp³-hybridized carbons (Fsp3) is 0.0488. The molecule has 2 heterocycles. The Labute approximate surface area is 260 Å². The Morgan fingerprint density at radius 1 is 0.489 bits per heavy atom. The van der Waals surface area contributed by atoms with E-state index in [2.05, 4.69) is 66.7 Å². The van der Waals surface area contributed by atoms with E-state index in [9.17, 15) is 0 Å². The lowest BCUT2D eigenvalue weighted by Gasteiger charge is -2.19. The summed E-state index contributed by atoms with van der Waals surface area (Å²) < 4.78 is 6.67. The van der Waals surface area contributed by atoms with Crippen molar-refractivity contribution in [3.8, 4) is 34.2 Å². The van der Waals surface area contributed by atoms with Crippen molar-refractivity contribution in [1.29, 1.82) is 0 Å². The number of aromatic nitrogens is 3. The van der Waals surface area contributed by atoms with Crippen molar-refractivity contribution in [2.75, 3.05) is 0 Å². The van der Waals surface area contributed by atoms with Crippen molar-refractivity contribution < 1.29 is 4.42 Å². The second-order valence-corrected chi connectivity index (χ2v) is 11.5. The predicted octanol–water partition coefficient (Wildman–Crippen LogP) is 10.4. The molecule has 0 aliphatic heterocycles. The van der Waals surface area contributed by atoms with Crippen LogP contribution in [-0.4, -0.2) is 15.0 Å². The molecule has 0 saturated carbocycles. The van der Waals surface area contributed by atoms with E-state index < -0.39 is 0 Å². The fourth-order valence-corrected chi connectivity index (χ4v) is 6.70. The molecule has 45 heavy (non-hydrogen) atoms. The Bertz CT molecular complexity index is 2370. The van der Waals surface area contributed by atoms with Crippen molar-refractivity contribution in [2.45, 2.75) is 12.8 Å². The quantitative estimate of drug-likeness (QED) is 0.209. The molecule has 0 fully saturated rings. The maximum Gasteiger partial charge on any atom is 0.164 e. The van der Waals surface area contributed by atoms with Crippen molar-refractivity contribution >= 4 is 44.4 Å². The highest BCUT2D eigenvalue weighted by molar-refractivity contribution is 6.15. The summed E-state index contributed by atoms with van der Waals surface area (Å²) in [6, 6.07) is 46.0. The molecular weight excluding hydrogens is 550 g/mol. The smallest absolute Gasteiger partial charge is 0.164 e. The van der Waals surface area contributed by atoms with Gasteiger partial charge < -0.3 is 4.42 Å². The predicted molar refractivity (Wildman–Crippen MR) is 184 cm³/mol. The van der Waals surface area contributed by atoms with Crippen LogP contribution >= 0.6 is 0 Å². The largest absolute Gasteiger partial charge is 0.455 e. The standard InChI is InChI=1S/C41H27N3O/c1-3-12-27(13-4-1)39-42-40(28-14-5-2-6-15-28)44-41(43-39)35-24-23-33(38-37(35)34-17-9-10-18-36(34)45-38)30-21-22-32-29(25-30)20-19-26-11-7-8-16-31(26)32/h1-20,23-25H,21-22H2. The van der Waals surface area contributed by atoms with Crippen LogP contribution in [0.5, 0.6) is 0 Å². The van der Waals surface area contributed by atoms with Crippen LogP contribution in [0.2, 0.25) is 0 Å². The maximum atomic E-state index is 6.67. The second kappa shape index (κ2) is 10.4. The Kier molecular flexibility index (Phi) is 5.91. The van der Waals surface area contributed by atoms with Crippen LogP contribution in [0.4, 0.5) is 0 Å². The van der Waals surface area contributed by atoms with Crippen LogP contribution in [0.3, 0.4) is 0 Å². The summed E-state index contributed by atoms with van der Waals surface area (Å²) in [5, 5.41) is 4.71. The third kappa shape index (κ3) is 4.34. The number of furan rings is 1. The first kappa shape index (κ1) is 25.6. The topological polar surface area (TPSA) is 51.8 Å². The Hall–Kier alpha value is -5.87. The van der Waals surface area contributed by atoms with Gasteiger partial charge in [-0.15, -0.1) is 0 Å². The summed E-state index contributed by atoms with van der Waals surface area (Å²) >= 11 is 0. The van der Waals surface area contributed by atoms with Gasteiger partial charge in [-0.2, -0.15) is 0 Å². The normalized spacial score (nSPS) is 12.8. The minimum atomic E-state index is 0.625. The summed E-state index contributed by atoms with van der Waals surface area (Å²) in [4.78, 5) is 15.0. The molecule has 4 nitrogen and oxygen atoms in total. The molecule has 0 radical (unpaired) electrons. The van der Waals surface area contributed by atoms with Crippen LogP contribution in [-0.2, 0) is 6.42 Å². The van der Waals surface area contributed by atoms with E-state index in [0.29, 0.717) is 17.5 Å². The van der Waals surface area contributed by atoms with Gasteiger partial charge in [0, 0.05) is 33.0 Å². The molecule has 9 rings (SSSR count). The monoisotopic (exact) mass is 577 g/mol. The summed E-state index contributed by atoms with van der Waals surface area (Å²) in [6.07, 6.45) is 4.27. The molecule has 0 N–H and O–H groups in total. The van der Waals surface area contributed by atoms with Crippen molar-refractivity contribution in [2.24, 2.45) is 0 Å². The lowest BCUT2D eigenvalue weighted by Crippen LogP contribution is -2.02. The molecule has 1 aliphatic carbocycles. The second-order valence-electron chi connectivity index (χ2n) is 11.5. The molecular formula is C41H27N3O. The number of rotatable bonds is 4. The number of aryl methyl sites for hydroxylation is 1. The molecule has 0 unspecified atom stereocenters. The zero-order chi connectivity index (χ0) is 29.7. The highest BCUT2D eigenvalue weighted by Crippen LogP contribution is 2.43. The number of allylic oxidation sites excluding steroid dienone is 1. The third-order valence-electron chi connectivity index (χ3n) is 8.86. The van der Waals surface area contributed by atoms with Gasteiger partial charge >= 0.3 is 0 Å². The molecule has 0 saturated heterocycles. The lowest BCUT2D eigenvalue weighted by molar-refractivity contribution is 0.667. The van der Waals surface area contributed by atoms with Gasteiger partial charge in [0.05, 0.1) is 0 Å². The van der Waals surface area contributed by atoms with Crippen molar-refractivity contribution in [3.05, 3.63) is 150 Å². The Morgan fingerprint density at radius 2 is 1.11 bits per heavy atom. The van der Waals surface area contributed by atoms with Crippen LogP contribution < -0.4 is 0 Å². The molecule has 1 aliphatic rings. The van der Waals surface area contributed by atoms with Crippen molar-refractivity contribution in [3.63, 3.8) is 0 Å².